The topological polar surface area (TPSA) is 83.6 Å². The lowest BCUT2D eigenvalue weighted by Gasteiger charge is -2.25. The molecule has 1 aromatic heterocycles. The molecule has 1 aromatic carbocycles. The van der Waals surface area contributed by atoms with Crippen molar-refractivity contribution in [1.29, 1.82) is 0 Å². The van der Waals surface area contributed by atoms with E-state index in [4.69, 9.17) is 0 Å². The number of aromatic amines is 1. The van der Waals surface area contributed by atoms with E-state index in [2.05, 4.69) is 32.0 Å². The Bertz CT molecular complexity index is 652. The second kappa shape index (κ2) is 6.09. The van der Waals surface area contributed by atoms with Crippen molar-refractivity contribution in [3.63, 3.8) is 0 Å². The molecule has 2 atom stereocenters. The van der Waals surface area contributed by atoms with Crippen LogP contribution in [-0.2, 0) is 11.2 Å². The van der Waals surface area contributed by atoms with Crippen LogP contribution in [0.1, 0.15) is 37.2 Å². The molecule has 0 radical (unpaired) electrons. The quantitative estimate of drug-likeness (QED) is 0.826. The Morgan fingerprint density at radius 1 is 1.41 bits per heavy atom. The van der Waals surface area contributed by atoms with Gasteiger partial charge in [-0.15, -0.1) is 10.2 Å². The average Bonchev–Trinajstić information content (AvgIpc) is 3.20. The summed E-state index contributed by atoms with van der Waals surface area (Å²) >= 11 is 0. The molecule has 0 fully saturated rings. The first kappa shape index (κ1) is 14.4. The Balaban J connectivity index is 1.79. The molecule has 1 heterocycles. The van der Waals surface area contributed by atoms with Crippen LogP contribution in [0.15, 0.2) is 42.5 Å². The van der Waals surface area contributed by atoms with E-state index in [1.807, 2.05) is 43.3 Å². The summed E-state index contributed by atoms with van der Waals surface area (Å²) in [4.78, 5) is 12.7. The minimum absolute atomic E-state index is 0.0404. The van der Waals surface area contributed by atoms with Crippen molar-refractivity contribution in [2.24, 2.45) is 5.41 Å². The van der Waals surface area contributed by atoms with E-state index in [-0.39, 0.29) is 11.9 Å². The molecule has 2 aromatic rings. The zero-order valence-corrected chi connectivity index (χ0v) is 12.5. The number of H-pyrrole nitrogens is 1. The standard InChI is InChI=1S/C16H19N5O/c1-16(9-5-6-10-16)15(22)17-13(11-14-18-20-21-19-14)12-7-3-2-4-8-12/h2-5,7-9,13H,6,10-11H2,1H3,(H,17,22)(H,18,19,20,21). The first-order chi connectivity index (χ1) is 10.7. The van der Waals surface area contributed by atoms with Crippen molar-refractivity contribution in [2.75, 3.05) is 0 Å². The third kappa shape index (κ3) is 3.05. The summed E-state index contributed by atoms with van der Waals surface area (Å²) in [6, 6.07) is 9.70. The zero-order valence-electron chi connectivity index (χ0n) is 12.5. The lowest BCUT2D eigenvalue weighted by atomic mass is 9.88. The molecule has 6 heteroatoms. The second-order valence-electron chi connectivity index (χ2n) is 5.83. The predicted octanol–water partition coefficient (Wildman–Crippen LogP) is 1.96. The van der Waals surface area contributed by atoms with E-state index < -0.39 is 5.41 Å². The maximum atomic E-state index is 12.7. The molecule has 1 aliphatic carbocycles. The Labute approximate surface area is 129 Å². The van der Waals surface area contributed by atoms with Crippen molar-refractivity contribution in [3.8, 4) is 0 Å². The number of nitrogens with zero attached hydrogens (tertiary/aromatic N) is 3. The van der Waals surface area contributed by atoms with Gasteiger partial charge in [0.25, 0.3) is 0 Å². The molecule has 0 saturated heterocycles. The van der Waals surface area contributed by atoms with Crippen LogP contribution in [-0.4, -0.2) is 26.5 Å². The summed E-state index contributed by atoms with van der Waals surface area (Å²) in [6.07, 6.45) is 6.37. The summed E-state index contributed by atoms with van der Waals surface area (Å²) in [5, 5.41) is 17.2. The summed E-state index contributed by atoms with van der Waals surface area (Å²) in [5.41, 5.74) is 0.607. The van der Waals surface area contributed by atoms with E-state index in [0.29, 0.717) is 12.2 Å². The van der Waals surface area contributed by atoms with Crippen LogP contribution < -0.4 is 5.32 Å². The fraction of sp³-hybridized carbons (Fsp3) is 0.375. The van der Waals surface area contributed by atoms with Gasteiger partial charge in [-0.1, -0.05) is 47.7 Å². The van der Waals surface area contributed by atoms with Gasteiger partial charge in [0.05, 0.1) is 11.5 Å². The highest BCUT2D eigenvalue weighted by atomic mass is 16.2. The Kier molecular flexibility index (Phi) is 4.00. The number of nitrogens with one attached hydrogen (secondary N) is 2. The second-order valence-corrected chi connectivity index (χ2v) is 5.83. The smallest absolute Gasteiger partial charge is 0.230 e. The molecular weight excluding hydrogens is 278 g/mol. The fourth-order valence-corrected chi connectivity index (χ4v) is 2.71. The summed E-state index contributed by atoms with van der Waals surface area (Å²) in [7, 11) is 0. The number of carbonyl (C=O) groups excluding carboxylic acids is 1. The zero-order chi connectivity index (χ0) is 15.4. The summed E-state index contributed by atoms with van der Waals surface area (Å²) in [6.45, 7) is 1.97. The predicted molar refractivity (Wildman–Crippen MR) is 81.7 cm³/mol. The van der Waals surface area contributed by atoms with E-state index in [0.717, 1.165) is 18.4 Å². The number of amides is 1. The van der Waals surface area contributed by atoms with Gasteiger partial charge in [0.1, 0.15) is 0 Å². The lowest BCUT2D eigenvalue weighted by Crippen LogP contribution is -2.39. The largest absolute Gasteiger partial charge is 0.348 e. The van der Waals surface area contributed by atoms with Crippen LogP contribution in [0.25, 0.3) is 0 Å². The molecule has 0 aliphatic heterocycles. The van der Waals surface area contributed by atoms with Gasteiger partial charge in [0.15, 0.2) is 5.82 Å². The number of tetrazole rings is 1. The highest BCUT2D eigenvalue weighted by molar-refractivity contribution is 5.85. The minimum Gasteiger partial charge on any atom is -0.348 e. The molecule has 22 heavy (non-hydrogen) atoms. The molecule has 114 valence electrons. The minimum atomic E-state index is -0.426. The van der Waals surface area contributed by atoms with E-state index >= 15 is 0 Å². The molecule has 0 spiro atoms. The molecule has 3 rings (SSSR count). The number of benzene rings is 1. The van der Waals surface area contributed by atoms with Crippen LogP contribution in [0.2, 0.25) is 0 Å². The molecule has 1 aliphatic rings. The number of hydrogen-bond acceptors (Lipinski definition) is 4. The van der Waals surface area contributed by atoms with Gasteiger partial charge in [-0.3, -0.25) is 4.79 Å². The van der Waals surface area contributed by atoms with Crippen molar-refractivity contribution in [1.82, 2.24) is 25.9 Å². The van der Waals surface area contributed by atoms with Crippen LogP contribution in [0.5, 0.6) is 0 Å². The van der Waals surface area contributed by atoms with Gasteiger partial charge < -0.3 is 5.32 Å². The molecular formula is C16H19N5O. The molecule has 1 amide bonds. The summed E-state index contributed by atoms with van der Waals surface area (Å²) < 4.78 is 0. The fourth-order valence-electron chi connectivity index (χ4n) is 2.71. The Hall–Kier alpha value is -2.50. The molecule has 0 bridgehead atoms. The monoisotopic (exact) mass is 297 g/mol. The first-order valence-corrected chi connectivity index (χ1v) is 7.43. The van der Waals surface area contributed by atoms with Gasteiger partial charge >= 0.3 is 0 Å². The lowest BCUT2D eigenvalue weighted by molar-refractivity contribution is -0.128. The van der Waals surface area contributed by atoms with Gasteiger partial charge in [-0.2, -0.15) is 5.21 Å². The van der Waals surface area contributed by atoms with Gasteiger partial charge in [0, 0.05) is 6.42 Å². The molecule has 2 unspecified atom stereocenters. The van der Waals surface area contributed by atoms with Crippen molar-refractivity contribution >= 4 is 5.91 Å². The van der Waals surface area contributed by atoms with Gasteiger partial charge in [-0.05, 0) is 25.3 Å². The number of allylic oxidation sites excluding steroid dienone is 1. The molecule has 0 saturated carbocycles. The third-order valence-electron chi connectivity index (χ3n) is 4.12. The van der Waals surface area contributed by atoms with Crippen LogP contribution in [0.3, 0.4) is 0 Å². The molecule has 6 nitrogen and oxygen atoms in total. The van der Waals surface area contributed by atoms with E-state index in [1.54, 1.807) is 0 Å². The van der Waals surface area contributed by atoms with E-state index in [1.165, 1.54) is 0 Å². The highest BCUT2D eigenvalue weighted by Gasteiger charge is 2.34. The number of hydrogen-bond donors (Lipinski definition) is 2. The van der Waals surface area contributed by atoms with Crippen LogP contribution in [0, 0.1) is 5.41 Å². The number of aromatic nitrogens is 4. The average molecular weight is 297 g/mol. The van der Waals surface area contributed by atoms with Crippen LogP contribution >= 0.6 is 0 Å². The molecule has 2 N–H and O–H groups in total. The van der Waals surface area contributed by atoms with Crippen molar-refractivity contribution < 1.29 is 4.79 Å². The Morgan fingerprint density at radius 3 is 2.86 bits per heavy atom. The maximum Gasteiger partial charge on any atom is 0.230 e. The normalized spacial score (nSPS) is 21.7. The number of carbonyl (C=O) groups is 1. The SMILES string of the molecule is CC1(C(=O)NC(Cc2nn[nH]n2)c2ccccc2)C=CCC1. The summed E-state index contributed by atoms with van der Waals surface area (Å²) in [5.74, 6) is 0.625. The Morgan fingerprint density at radius 2 is 2.23 bits per heavy atom. The van der Waals surface area contributed by atoms with Crippen molar-refractivity contribution in [3.05, 3.63) is 53.9 Å². The van der Waals surface area contributed by atoms with Crippen LogP contribution in [0.4, 0.5) is 0 Å². The van der Waals surface area contributed by atoms with E-state index in [9.17, 15) is 4.79 Å². The van der Waals surface area contributed by atoms with Gasteiger partial charge in [0.2, 0.25) is 5.91 Å². The number of rotatable bonds is 5. The maximum absolute atomic E-state index is 12.7. The third-order valence-corrected chi connectivity index (χ3v) is 4.12. The van der Waals surface area contributed by atoms with Gasteiger partial charge in [-0.25, -0.2) is 0 Å². The van der Waals surface area contributed by atoms with Crippen molar-refractivity contribution in [2.45, 2.75) is 32.2 Å². The highest BCUT2D eigenvalue weighted by Crippen LogP contribution is 2.32. The first-order valence-electron chi connectivity index (χ1n) is 7.43.